The molecule has 112 valence electrons. The Labute approximate surface area is 130 Å². The first-order valence-corrected chi connectivity index (χ1v) is 7.42. The van der Waals surface area contributed by atoms with Gasteiger partial charge in [-0.2, -0.15) is 10.4 Å². The summed E-state index contributed by atoms with van der Waals surface area (Å²) < 4.78 is 0. The third-order valence-electron chi connectivity index (χ3n) is 3.83. The maximum Gasteiger partial charge on any atom is 0.151 e. The zero-order valence-electron chi connectivity index (χ0n) is 12.6. The first-order chi connectivity index (χ1) is 10.8. The second kappa shape index (κ2) is 6.39. The third kappa shape index (κ3) is 3.14. The molecular formula is C16H18N6. The minimum absolute atomic E-state index is 0.454. The number of rotatable bonds is 2. The SMILES string of the molecule is Cc1ccc(N2CCCN(c3ccc(C#N)nc3)CC2)nn1. The average molecular weight is 294 g/mol. The van der Waals surface area contributed by atoms with E-state index in [1.165, 1.54) is 0 Å². The van der Waals surface area contributed by atoms with Gasteiger partial charge in [-0.05, 0) is 37.6 Å². The van der Waals surface area contributed by atoms with Crippen LogP contribution in [-0.4, -0.2) is 41.4 Å². The molecule has 0 spiro atoms. The molecule has 0 radical (unpaired) electrons. The Bertz CT molecular complexity index is 659. The van der Waals surface area contributed by atoms with Crippen molar-refractivity contribution in [2.75, 3.05) is 36.0 Å². The van der Waals surface area contributed by atoms with Crippen LogP contribution in [-0.2, 0) is 0 Å². The Morgan fingerprint density at radius 3 is 2.50 bits per heavy atom. The quantitative estimate of drug-likeness (QED) is 0.841. The number of nitriles is 1. The van der Waals surface area contributed by atoms with Crippen LogP contribution >= 0.6 is 0 Å². The molecule has 2 aromatic heterocycles. The second-order valence-corrected chi connectivity index (χ2v) is 5.37. The molecule has 0 atom stereocenters. The first kappa shape index (κ1) is 14.3. The maximum absolute atomic E-state index is 8.82. The van der Waals surface area contributed by atoms with Crippen LogP contribution in [0.4, 0.5) is 11.5 Å². The van der Waals surface area contributed by atoms with E-state index < -0.39 is 0 Å². The monoisotopic (exact) mass is 294 g/mol. The second-order valence-electron chi connectivity index (χ2n) is 5.37. The normalized spacial score (nSPS) is 15.3. The highest BCUT2D eigenvalue weighted by atomic mass is 15.3. The van der Waals surface area contributed by atoms with Crippen molar-refractivity contribution in [2.45, 2.75) is 13.3 Å². The highest BCUT2D eigenvalue weighted by Crippen LogP contribution is 2.18. The maximum atomic E-state index is 8.82. The number of aromatic nitrogens is 3. The van der Waals surface area contributed by atoms with Crippen molar-refractivity contribution >= 4 is 11.5 Å². The molecule has 0 aromatic carbocycles. The smallest absolute Gasteiger partial charge is 0.151 e. The van der Waals surface area contributed by atoms with Gasteiger partial charge in [0, 0.05) is 26.2 Å². The van der Waals surface area contributed by atoms with E-state index >= 15 is 0 Å². The predicted molar refractivity (Wildman–Crippen MR) is 84.8 cm³/mol. The molecule has 0 amide bonds. The summed E-state index contributed by atoms with van der Waals surface area (Å²) in [5.74, 6) is 0.936. The number of anilines is 2. The number of pyridine rings is 1. The van der Waals surface area contributed by atoms with Gasteiger partial charge < -0.3 is 9.80 Å². The van der Waals surface area contributed by atoms with Gasteiger partial charge in [0.25, 0.3) is 0 Å². The lowest BCUT2D eigenvalue weighted by atomic mass is 10.3. The van der Waals surface area contributed by atoms with Gasteiger partial charge in [0.05, 0.1) is 17.6 Å². The zero-order valence-corrected chi connectivity index (χ0v) is 12.6. The highest BCUT2D eigenvalue weighted by Gasteiger charge is 2.16. The molecule has 0 bridgehead atoms. The Morgan fingerprint density at radius 2 is 1.82 bits per heavy atom. The molecule has 1 aliphatic rings. The van der Waals surface area contributed by atoms with Gasteiger partial charge in [-0.15, -0.1) is 5.10 Å². The van der Waals surface area contributed by atoms with E-state index in [0.29, 0.717) is 5.69 Å². The van der Waals surface area contributed by atoms with Crippen LogP contribution in [0.1, 0.15) is 17.8 Å². The molecule has 3 rings (SSSR count). The van der Waals surface area contributed by atoms with Crippen LogP contribution in [0.25, 0.3) is 0 Å². The molecule has 0 saturated carbocycles. The van der Waals surface area contributed by atoms with Gasteiger partial charge in [0.15, 0.2) is 5.82 Å². The molecule has 1 saturated heterocycles. The van der Waals surface area contributed by atoms with E-state index in [0.717, 1.165) is 49.8 Å². The predicted octanol–water partition coefficient (Wildman–Crippen LogP) is 1.77. The summed E-state index contributed by atoms with van der Waals surface area (Å²) in [7, 11) is 0. The molecule has 1 aliphatic heterocycles. The zero-order chi connectivity index (χ0) is 15.4. The van der Waals surface area contributed by atoms with E-state index in [1.54, 1.807) is 12.3 Å². The van der Waals surface area contributed by atoms with E-state index in [2.05, 4.69) is 25.0 Å². The van der Waals surface area contributed by atoms with Crippen LogP contribution in [0.3, 0.4) is 0 Å². The Balaban J connectivity index is 1.69. The Morgan fingerprint density at radius 1 is 1.00 bits per heavy atom. The van der Waals surface area contributed by atoms with Gasteiger partial charge in [0.1, 0.15) is 11.8 Å². The lowest BCUT2D eigenvalue weighted by Gasteiger charge is -2.23. The summed E-state index contributed by atoms with van der Waals surface area (Å²) in [6, 6.07) is 9.81. The van der Waals surface area contributed by atoms with Crippen LogP contribution in [0.5, 0.6) is 0 Å². The van der Waals surface area contributed by atoms with Gasteiger partial charge in [-0.3, -0.25) is 0 Å². The van der Waals surface area contributed by atoms with Crippen molar-refractivity contribution < 1.29 is 0 Å². The molecule has 0 aliphatic carbocycles. The topological polar surface area (TPSA) is 68.9 Å². The molecule has 2 aromatic rings. The van der Waals surface area contributed by atoms with Gasteiger partial charge in [-0.1, -0.05) is 0 Å². The van der Waals surface area contributed by atoms with Crippen molar-refractivity contribution in [3.8, 4) is 6.07 Å². The first-order valence-electron chi connectivity index (χ1n) is 7.42. The molecule has 3 heterocycles. The van der Waals surface area contributed by atoms with E-state index in [-0.39, 0.29) is 0 Å². The summed E-state index contributed by atoms with van der Waals surface area (Å²) in [5.41, 5.74) is 2.45. The third-order valence-corrected chi connectivity index (χ3v) is 3.83. The van der Waals surface area contributed by atoms with Crippen LogP contribution in [0, 0.1) is 18.3 Å². The fraction of sp³-hybridized carbons (Fsp3) is 0.375. The molecule has 0 unspecified atom stereocenters. The van der Waals surface area contributed by atoms with Crippen LogP contribution in [0.2, 0.25) is 0 Å². The molecule has 22 heavy (non-hydrogen) atoms. The van der Waals surface area contributed by atoms with Gasteiger partial charge in [0.2, 0.25) is 0 Å². The Hall–Kier alpha value is -2.68. The fourth-order valence-corrected chi connectivity index (χ4v) is 2.60. The molecule has 1 fully saturated rings. The van der Waals surface area contributed by atoms with E-state index in [9.17, 15) is 0 Å². The summed E-state index contributed by atoms with van der Waals surface area (Å²) in [6.07, 6.45) is 2.83. The van der Waals surface area contributed by atoms with Crippen molar-refractivity contribution in [1.29, 1.82) is 5.26 Å². The van der Waals surface area contributed by atoms with Crippen molar-refractivity contribution in [2.24, 2.45) is 0 Å². The largest absolute Gasteiger partial charge is 0.368 e. The molecule has 0 N–H and O–H groups in total. The molecular weight excluding hydrogens is 276 g/mol. The number of aryl methyl sites for hydroxylation is 1. The molecule has 6 heteroatoms. The van der Waals surface area contributed by atoms with E-state index in [4.69, 9.17) is 5.26 Å². The summed E-state index contributed by atoms with van der Waals surface area (Å²) in [4.78, 5) is 8.72. The van der Waals surface area contributed by atoms with Crippen LogP contribution in [0.15, 0.2) is 30.5 Å². The summed E-state index contributed by atoms with van der Waals surface area (Å²) >= 11 is 0. The minimum Gasteiger partial charge on any atom is -0.368 e. The summed E-state index contributed by atoms with van der Waals surface area (Å²) in [6.45, 7) is 5.70. The molecule has 6 nitrogen and oxygen atoms in total. The van der Waals surface area contributed by atoms with E-state index in [1.807, 2.05) is 31.2 Å². The Kier molecular flexibility index (Phi) is 4.15. The lowest BCUT2D eigenvalue weighted by Crippen LogP contribution is -2.31. The van der Waals surface area contributed by atoms with Gasteiger partial charge >= 0.3 is 0 Å². The standard InChI is InChI=1S/C16H18N6/c1-13-3-6-16(20-19-13)22-8-2-7-21(9-10-22)15-5-4-14(11-17)18-12-15/h3-6,12H,2,7-10H2,1H3. The highest BCUT2D eigenvalue weighted by molar-refractivity contribution is 5.47. The summed E-state index contributed by atoms with van der Waals surface area (Å²) in [5, 5.41) is 17.2. The van der Waals surface area contributed by atoms with Gasteiger partial charge in [-0.25, -0.2) is 4.98 Å². The number of hydrogen-bond donors (Lipinski definition) is 0. The van der Waals surface area contributed by atoms with Crippen molar-refractivity contribution in [1.82, 2.24) is 15.2 Å². The minimum atomic E-state index is 0.454. The number of nitrogens with zero attached hydrogens (tertiary/aromatic N) is 6. The van der Waals surface area contributed by atoms with Crippen molar-refractivity contribution in [3.63, 3.8) is 0 Å². The van der Waals surface area contributed by atoms with Crippen molar-refractivity contribution in [3.05, 3.63) is 41.9 Å². The fourth-order valence-electron chi connectivity index (χ4n) is 2.60. The number of hydrogen-bond acceptors (Lipinski definition) is 6. The van der Waals surface area contributed by atoms with Crippen LogP contribution < -0.4 is 9.80 Å². The average Bonchev–Trinajstić information content (AvgIpc) is 2.82. The lowest BCUT2D eigenvalue weighted by molar-refractivity contribution is 0.783.